The third-order valence-corrected chi connectivity index (χ3v) is 3.87. The predicted octanol–water partition coefficient (Wildman–Crippen LogP) is 1.79. The summed E-state index contributed by atoms with van der Waals surface area (Å²) in [6.07, 6.45) is 5.93. The summed E-state index contributed by atoms with van der Waals surface area (Å²) in [4.78, 5) is 16.3. The molecule has 1 N–H and O–H groups in total. The lowest BCUT2D eigenvalue weighted by Gasteiger charge is -2.14. The first-order valence-corrected chi connectivity index (χ1v) is 7.49. The molecule has 8 heteroatoms. The number of carbonyl (C=O) groups excluding carboxylic acids is 1. The second-order valence-electron chi connectivity index (χ2n) is 5.33. The molecule has 0 unspecified atom stereocenters. The topological polar surface area (TPSA) is 99.0 Å². The van der Waals surface area contributed by atoms with Crippen LogP contribution in [0.3, 0.4) is 0 Å². The fourth-order valence-corrected chi connectivity index (χ4v) is 2.73. The van der Waals surface area contributed by atoms with Crippen LogP contribution in [0.15, 0.2) is 33.6 Å². The second kappa shape index (κ2) is 5.71. The normalized spacial score (nSPS) is 13.7. The Morgan fingerprint density at radius 1 is 1.30 bits per heavy atom. The van der Waals surface area contributed by atoms with Crippen LogP contribution in [0.1, 0.15) is 35.0 Å². The highest BCUT2D eigenvalue weighted by Crippen LogP contribution is 2.23. The summed E-state index contributed by atoms with van der Waals surface area (Å²) in [5, 5.41) is 11.1. The number of furan rings is 1. The Hall–Kier alpha value is -2.90. The molecular formula is C15H15N5O3. The Balaban J connectivity index is 1.49. The minimum Gasteiger partial charge on any atom is -0.461 e. The van der Waals surface area contributed by atoms with Gasteiger partial charge in [0.05, 0.1) is 12.8 Å². The maximum atomic E-state index is 12.4. The standard InChI is InChI=1S/C15H15N5O3/c21-15(13-14(23-9-17-13)10-4-3-7-22-10)16-8-12-19-18-11-5-1-2-6-20(11)12/h3-4,7,9H,1-2,5-6,8H2,(H,16,21). The molecule has 4 rings (SSSR count). The van der Waals surface area contributed by atoms with Crippen molar-refractivity contribution in [1.82, 2.24) is 25.1 Å². The Morgan fingerprint density at radius 3 is 3.13 bits per heavy atom. The summed E-state index contributed by atoms with van der Waals surface area (Å²) in [6, 6.07) is 3.44. The van der Waals surface area contributed by atoms with E-state index >= 15 is 0 Å². The van der Waals surface area contributed by atoms with Gasteiger partial charge >= 0.3 is 0 Å². The van der Waals surface area contributed by atoms with Gasteiger partial charge in [-0.25, -0.2) is 4.98 Å². The minimum atomic E-state index is -0.335. The van der Waals surface area contributed by atoms with Crippen molar-refractivity contribution in [3.63, 3.8) is 0 Å². The number of nitrogens with one attached hydrogen (secondary N) is 1. The third kappa shape index (κ3) is 2.52. The Morgan fingerprint density at radius 2 is 2.26 bits per heavy atom. The van der Waals surface area contributed by atoms with Gasteiger partial charge in [-0.15, -0.1) is 10.2 Å². The van der Waals surface area contributed by atoms with Gasteiger partial charge in [0.2, 0.25) is 5.76 Å². The highest BCUT2D eigenvalue weighted by molar-refractivity contribution is 5.96. The predicted molar refractivity (Wildman–Crippen MR) is 78.3 cm³/mol. The first-order chi connectivity index (χ1) is 11.3. The third-order valence-electron chi connectivity index (χ3n) is 3.87. The molecule has 0 bridgehead atoms. The number of hydrogen-bond donors (Lipinski definition) is 1. The maximum absolute atomic E-state index is 12.4. The van der Waals surface area contributed by atoms with E-state index in [2.05, 4.69) is 25.1 Å². The van der Waals surface area contributed by atoms with Crippen molar-refractivity contribution in [2.45, 2.75) is 32.4 Å². The average Bonchev–Trinajstić information content (AvgIpc) is 3.31. The number of amides is 1. The highest BCUT2D eigenvalue weighted by Gasteiger charge is 2.21. The number of aromatic nitrogens is 4. The number of fused-ring (bicyclic) bond motifs is 1. The molecule has 0 fully saturated rings. The number of hydrogen-bond acceptors (Lipinski definition) is 6. The molecule has 8 nitrogen and oxygen atoms in total. The van der Waals surface area contributed by atoms with Crippen LogP contribution >= 0.6 is 0 Å². The van der Waals surface area contributed by atoms with Crippen molar-refractivity contribution in [3.05, 3.63) is 42.1 Å². The molecule has 23 heavy (non-hydrogen) atoms. The van der Waals surface area contributed by atoms with Crippen molar-refractivity contribution in [1.29, 1.82) is 0 Å². The summed E-state index contributed by atoms with van der Waals surface area (Å²) >= 11 is 0. The van der Waals surface area contributed by atoms with Crippen molar-refractivity contribution < 1.29 is 13.6 Å². The molecule has 1 aliphatic heterocycles. The van der Waals surface area contributed by atoms with Crippen LogP contribution in [0.5, 0.6) is 0 Å². The summed E-state index contributed by atoms with van der Waals surface area (Å²) < 4.78 is 12.6. The van der Waals surface area contributed by atoms with Crippen LogP contribution in [0.2, 0.25) is 0 Å². The molecule has 0 aliphatic carbocycles. The molecule has 0 atom stereocenters. The van der Waals surface area contributed by atoms with Gasteiger partial charge in [0.1, 0.15) is 5.82 Å². The summed E-state index contributed by atoms with van der Waals surface area (Å²) in [5.74, 6) is 2.19. The lowest BCUT2D eigenvalue weighted by molar-refractivity contribution is 0.0945. The van der Waals surface area contributed by atoms with E-state index in [4.69, 9.17) is 8.83 Å². The quantitative estimate of drug-likeness (QED) is 0.788. The fraction of sp³-hybridized carbons (Fsp3) is 0.333. The summed E-state index contributed by atoms with van der Waals surface area (Å²) in [5.41, 5.74) is 0.193. The Labute approximate surface area is 131 Å². The minimum absolute atomic E-state index is 0.193. The number of oxazole rings is 1. The number of carbonyl (C=O) groups is 1. The molecule has 1 aliphatic rings. The molecule has 3 aromatic heterocycles. The molecule has 1 amide bonds. The highest BCUT2D eigenvalue weighted by atomic mass is 16.4. The molecular weight excluding hydrogens is 298 g/mol. The van der Waals surface area contributed by atoms with E-state index in [9.17, 15) is 4.79 Å². The molecule has 3 aromatic rings. The van der Waals surface area contributed by atoms with Gasteiger partial charge < -0.3 is 18.7 Å². The van der Waals surface area contributed by atoms with E-state index in [1.807, 2.05) is 0 Å². The van der Waals surface area contributed by atoms with Crippen LogP contribution in [0, 0.1) is 0 Å². The number of nitrogens with zero attached hydrogens (tertiary/aromatic N) is 4. The van der Waals surface area contributed by atoms with E-state index in [1.165, 1.54) is 12.7 Å². The molecule has 4 heterocycles. The largest absolute Gasteiger partial charge is 0.461 e. The van der Waals surface area contributed by atoms with Gasteiger partial charge in [-0.05, 0) is 25.0 Å². The van der Waals surface area contributed by atoms with Gasteiger partial charge in [0.25, 0.3) is 5.91 Å². The Kier molecular flexibility index (Phi) is 3.41. The first kappa shape index (κ1) is 13.7. The number of rotatable bonds is 4. The smallest absolute Gasteiger partial charge is 0.274 e. The van der Waals surface area contributed by atoms with Crippen molar-refractivity contribution >= 4 is 5.91 Å². The van der Waals surface area contributed by atoms with E-state index in [1.54, 1.807) is 12.1 Å². The van der Waals surface area contributed by atoms with Gasteiger partial charge in [-0.1, -0.05) is 0 Å². The van der Waals surface area contributed by atoms with Crippen molar-refractivity contribution in [2.24, 2.45) is 0 Å². The van der Waals surface area contributed by atoms with Crippen LogP contribution in [-0.2, 0) is 19.5 Å². The van der Waals surface area contributed by atoms with Crippen LogP contribution < -0.4 is 5.32 Å². The van der Waals surface area contributed by atoms with Crippen molar-refractivity contribution in [3.8, 4) is 11.5 Å². The van der Waals surface area contributed by atoms with Gasteiger partial charge in [-0.3, -0.25) is 4.79 Å². The lowest BCUT2D eigenvalue weighted by Crippen LogP contribution is -2.26. The van der Waals surface area contributed by atoms with Gasteiger partial charge in [0.15, 0.2) is 23.7 Å². The van der Waals surface area contributed by atoms with Crippen LogP contribution in [-0.4, -0.2) is 25.7 Å². The maximum Gasteiger partial charge on any atom is 0.274 e. The molecule has 0 saturated heterocycles. The molecule has 118 valence electrons. The van der Waals surface area contributed by atoms with Gasteiger partial charge in [0, 0.05) is 13.0 Å². The van der Waals surface area contributed by atoms with Crippen LogP contribution in [0.4, 0.5) is 0 Å². The first-order valence-electron chi connectivity index (χ1n) is 7.49. The zero-order valence-corrected chi connectivity index (χ0v) is 12.4. The Bertz CT molecular complexity index is 818. The van der Waals surface area contributed by atoms with Crippen molar-refractivity contribution in [2.75, 3.05) is 0 Å². The SMILES string of the molecule is O=C(NCc1nnc2n1CCCC2)c1ncoc1-c1ccco1. The van der Waals surface area contributed by atoms with E-state index in [0.717, 1.165) is 37.5 Å². The van der Waals surface area contributed by atoms with E-state index in [-0.39, 0.29) is 11.6 Å². The molecule has 0 spiro atoms. The molecule has 0 radical (unpaired) electrons. The summed E-state index contributed by atoms with van der Waals surface area (Å²) in [7, 11) is 0. The zero-order chi connectivity index (χ0) is 15.6. The monoisotopic (exact) mass is 313 g/mol. The van der Waals surface area contributed by atoms with E-state index in [0.29, 0.717) is 18.1 Å². The van der Waals surface area contributed by atoms with Crippen LogP contribution in [0.25, 0.3) is 11.5 Å². The molecule has 0 saturated carbocycles. The van der Waals surface area contributed by atoms with E-state index < -0.39 is 0 Å². The summed E-state index contributed by atoms with van der Waals surface area (Å²) in [6.45, 7) is 1.20. The zero-order valence-electron chi connectivity index (χ0n) is 12.4. The average molecular weight is 313 g/mol. The number of aryl methyl sites for hydroxylation is 1. The second-order valence-corrected chi connectivity index (χ2v) is 5.33. The van der Waals surface area contributed by atoms with Gasteiger partial charge in [-0.2, -0.15) is 0 Å². The molecule has 0 aromatic carbocycles. The lowest BCUT2D eigenvalue weighted by atomic mass is 10.2. The fourth-order valence-electron chi connectivity index (χ4n) is 2.73.